The maximum atomic E-state index is 10.9. The molecule has 1 aromatic heterocycles. The van der Waals surface area contributed by atoms with Crippen molar-refractivity contribution in [3.8, 4) is 11.3 Å². The lowest BCUT2D eigenvalue weighted by atomic mass is 10.1. The fourth-order valence-corrected chi connectivity index (χ4v) is 1.64. The Morgan fingerprint density at radius 1 is 1.33 bits per heavy atom. The minimum atomic E-state index is -0.720. The van der Waals surface area contributed by atoms with Gasteiger partial charge in [0, 0.05) is 17.7 Å². The maximum absolute atomic E-state index is 10.9. The van der Waals surface area contributed by atoms with Crippen molar-refractivity contribution in [3.63, 3.8) is 0 Å². The Hall–Kier alpha value is -2.34. The van der Waals surface area contributed by atoms with Gasteiger partial charge in [0.25, 0.3) is 11.6 Å². The summed E-state index contributed by atoms with van der Waals surface area (Å²) in [6.45, 7) is 0. The van der Waals surface area contributed by atoms with Gasteiger partial charge in [-0.1, -0.05) is 11.6 Å². The molecule has 18 heavy (non-hydrogen) atoms. The summed E-state index contributed by atoms with van der Waals surface area (Å²) in [6, 6.07) is 6.80. The van der Waals surface area contributed by atoms with E-state index >= 15 is 0 Å². The SMILES string of the molecule is NC(=O)c1ccc(-c2cc([N+](=O)[O-])ccc2Cl)o1. The van der Waals surface area contributed by atoms with Crippen LogP contribution in [-0.4, -0.2) is 10.8 Å². The molecule has 6 nitrogen and oxygen atoms in total. The molecule has 0 saturated carbocycles. The summed E-state index contributed by atoms with van der Waals surface area (Å²) in [5, 5.41) is 11.0. The average molecular weight is 267 g/mol. The molecule has 0 spiro atoms. The molecule has 1 heterocycles. The molecule has 0 unspecified atom stereocenters. The Labute approximate surface area is 106 Å². The lowest BCUT2D eigenvalue weighted by Gasteiger charge is -2.00. The van der Waals surface area contributed by atoms with E-state index in [0.29, 0.717) is 5.56 Å². The van der Waals surface area contributed by atoms with Gasteiger partial charge in [0.05, 0.1) is 9.95 Å². The number of furan rings is 1. The second-order valence-electron chi connectivity index (χ2n) is 3.45. The molecule has 2 rings (SSSR count). The van der Waals surface area contributed by atoms with Crippen LogP contribution in [0.3, 0.4) is 0 Å². The van der Waals surface area contributed by atoms with E-state index in [1.165, 1.54) is 30.3 Å². The Bertz CT molecular complexity index is 636. The van der Waals surface area contributed by atoms with Crippen molar-refractivity contribution in [1.82, 2.24) is 0 Å². The van der Waals surface area contributed by atoms with Gasteiger partial charge in [0.1, 0.15) is 5.76 Å². The molecule has 1 aromatic carbocycles. The summed E-state index contributed by atoms with van der Waals surface area (Å²) in [5.74, 6) is -0.507. The second-order valence-corrected chi connectivity index (χ2v) is 3.86. The van der Waals surface area contributed by atoms with Crippen LogP contribution in [0.5, 0.6) is 0 Å². The predicted molar refractivity (Wildman–Crippen MR) is 64.3 cm³/mol. The first-order chi connectivity index (χ1) is 8.49. The predicted octanol–water partition coefficient (Wildman–Crippen LogP) is 2.61. The lowest BCUT2D eigenvalue weighted by molar-refractivity contribution is -0.384. The maximum Gasteiger partial charge on any atom is 0.284 e. The zero-order valence-electron chi connectivity index (χ0n) is 8.92. The Kier molecular flexibility index (Phi) is 3.03. The number of hydrogen-bond donors (Lipinski definition) is 1. The lowest BCUT2D eigenvalue weighted by Crippen LogP contribution is -2.09. The van der Waals surface area contributed by atoms with Gasteiger partial charge in [0.15, 0.2) is 5.76 Å². The number of nitro benzene ring substituents is 1. The van der Waals surface area contributed by atoms with Crippen LogP contribution in [0.15, 0.2) is 34.7 Å². The molecule has 92 valence electrons. The number of carbonyl (C=O) groups is 1. The van der Waals surface area contributed by atoms with E-state index in [4.69, 9.17) is 21.8 Å². The summed E-state index contributed by atoms with van der Waals surface area (Å²) in [4.78, 5) is 21.0. The third-order valence-corrected chi connectivity index (χ3v) is 2.60. The number of amides is 1. The first kappa shape index (κ1) is 12.1. The molecule has 0 radical (unpaired) electrons. The van der Waals surface area contributed by atoms with Crippen molar-refractivity contribution in [3.05, 3.63) is 51.2 Å². The first-order valence-electron chi connectivity index (χ1n) is 4.83. The number of nitrogens with zero attached hydrogens (tertiary/aromatic N) is 1. The first-order valence-corrected chi connectivity index (χ1v) is 5.21. The molecule has 0 atom stereocenters. The van der Waals surface area contributed by atoms with E-state index in [1.54, 1.807) is 0 Å². The molecule has 0 saturated heterocycles. The minimum Gasteiger partial charge on any atom is -0.451 e. The van der Waals surface area contributed by atoms with Crippen LogP contribution in [0.2, 0.25) is 5.02 Å². The Morgan fingerprint density at radius 3 is 2.61 bits per heavy atom. The number of carbonyl (C=O) groups excluding carboxylic acids is 1. The zero-order valence-corrected chi connectivity index (χ0v) is 9.68. The number of nitrogens with two attached hydrogens (primary N) is 1. The van der Waals surface area contributed by atoms with Gasteiger partial charge in [-0.2, -0.15) is 0 Å². The highest BCUT2D eigenvalue weighted by Gasteiger charge is 2.15. The molecule has 0 fully saturated rings. The van der Waals surface area contributed by atoms with E-state index in [0.717, 1.165) is 0 Å². The van der Waals surface area contributed by atoms with Crippen molar-refractivity contribution in [1.29, 1.82) is 0 Å². The van der Waals surface area contributed by atoms with Crippen LogP contribution >= 0.6 is 11.6 Å². The summed E-state index contributed by atoms with van der Waals surface area (Å²) in [7, 11) is 0. The molecule has 2 N–H and O–H groups in total. The monoisotopic (exact) mass is 266 g/mol. The van der Waals surface area contributed by atoms with Gasteiger partial charge in [-0.15, -0.1) is 0 Å². The van der Waals surface area contributed by atoms with Crippen molar-refractivity contribution in [2.24, 2.45) is 5.73 Å². The van der Waals surface area contributed by atoms with E-state index in [9.17, 15) is 14.9 Å². The van der Waals surface area contributed by atoms with Gasteiger partial charge in [-0.25, -0.2) is 0 Å². The number of benzene rings is 1. The van der Waals surface area contributed by atoms with Gasteiger partial charge in [-0.05, 0) is 18.2 Å². The van der Waals surface area contributed by atoms with Crippen molar-refractivity contribution in [2.45, 2.75) is 0 Å². The summed E-state index contributed by atoms with van der Waals surface area (Å²) >= 11 is 5.93. The van der Waals surface area contributed by atoms with Crippen LogP contribution in [-0.2, 0) is 0 Å². The van der Waals surface area contributed by atoms with Gasteiger partial charge in [0.2, 0.25) is 0 Å². The fraction of sp³-hybridized carbons (Fsp3) is 0. The van der Waals surface area contributed by atoms with Gasteiger partial charge >= 0.3 is 0 Å². The van der Waals surface area contributed by atoms with E-state index in [-0.39, 0.29) is 22.2 Å². The summed E-state index contributed by atoms with van der Waals surface area (Å²) in [6.07, 6.45) is 0. The molecule has 0 bridgehead atoms. The van der Waals surface area contributed by atoms with Gasteiger partial charge in [-0.3, -0.25) is 14.9 Å². The fourth-order valence-electron chi connectivity index (χ4n) is 1.43. The highest BCUT2D eigenvalue weighted by Crippen LogP contribution is 2.32. The van der Waals surface area contributed by atoms with Gasteiger partial charge < -0.3 is 10.2 Å². The highest BCUT2D eigenvalue weighted by molar-refractivity contribution is 6.33. The highest BCUT2D eigenvalue weighted by atomic mass is 35.5. The van der Waals surface area contributed by atoms with Crippen LogP contribution in [0.4, 0.5) is 5.69 Å². The smallest absolute Gasteiger partial charge is 0.284 e. The van der Waals surface area contributed by atoms with E-state index < -0.39 is 10.8 Å². The second kappa shape index (κ2) is 4.50. The van der Waals surface area contributed by atoms with Crippen molar-refractivity contribution < 1.29 is 14.1 Å². The van der Waals surface area contributed by atoms with Crippen LogP contribution < -0.4 is 5.73 Å². The van der Waals surface area contributed by atoms with E-state index in [1.807, 2.05) is 0 Å². The summed E-state index contributed by atoms with van der Waals surface area (Å²) in [5.41, 5.74) is 5.26. The quantitative estimate of drug-likeness (QED) is 0.681. The number of primary amides is 1. The topological polar surface area (TPSA) is 99.4 Å². The third kappa shape index (κ3) is 2.18. The Balaban J connectivity index is 2.51. The van der Waals surface area contributed by atoms with Crippen molar-refractivity contribution >= 4 is 23.2 Å². The van der Waals surface area contributed by atoms with Crippen LogP contribution in [0.25, 0.3) is 11.3 Å². The number of hydrogen-bond acceptors (Lipinski definition) is 4. The molecular weight excluding hydrogens is 260 g/mol. The Morgan fingerprint density at radius 2 is 2.06 bits per heavy atom. The molecule has 1 amide bonds. The third-order valence-electron chi connectivity index (χ3n) is 2.28. The zero-order chi connectivity index (χ0) is 13.3. The normalized spacial score (nSPS) is 10.3. The van der Waals surface area contributed by atoms with Crippen molar-refractivity contribution in [2.75, 3.05) is 0 Å². The largest absolute Gasteiger partial charge is 0.451 e. The standard InChI is InChI=1S/C11H7ClN2O4/c12-8-2-1-6(14(16)17)5-7(8)9-3-4-10(18-9)11(13)15/h1-5H,(H2,13,15). The molecule has 0 aliphatic rings. The number of non-ortho nitro benzene ring substituents is 1. The number of rotatable bonds is 3. The van der Waals surface area contributed by atoms with E-state index in [2.05, 4.69) is 0 Å². The molecule has 2 aromatic rings. The minimum absolute atomic E-state index is 0.0347. The molecular formula is C11H7ClN2O4. The molecule has 7 heteroatoms. The number of nitro groups is 1. The summed E-state index contributed by atoms with van der Waals surface area (Å²) < 4.78 is 5.17. The molecule has 0 aliphatic carbocycles. The van der Waals surface area contributed by atoms with Crippen LogP contribution in [0.1, 0.15) is 10.6 Å². The average Bonchev–Trinajstić information content (AvgIpc) is 2.78. The number of halogens is 1. The van der Waals surface area contributed by atoms with Crippen LogP contribution in [0, 0.1) is 10.1 Å². The molecule has 0 aliphatic heterocycles.